The molecule has 0 saturated heterocycles. The van der Waals surface area contributed by atoms with Crippen molar-refractivity contribution in [2.24, 2.45) is 0 Å². The van der Waals surface area contributed by atoms with Crippen LogP contribution < -0.4 is 11.1 Å². The zero-order valence-electron chi connectivity index (χ0n) is 9.56. The SMILES string of the molecule is Nc1cc(NC(=O)Cc2ccncc2)ccc1F. The quantitative estimate of drug-likeness (QED) is 0.812. The molecule has 3 N–H and O–H groups in total. The molecule has 1 aromatic heterocycles. The lowest BCUT2D eigenvalue weighted by molar-refractivity contribution is -0.115. The van der Waals surface area contributed by atoms with Crippen LogP contribution in [-0.4, -0.2) is 10.9 Å². The number of pyridine rings is 1. The molecule has 5 heteroatoms. The summed E-state index contributed by atoms with van der Waals surface area (Å²) in [4.78, 5) is 15.6. The molecule has 0 fully saturated rings. The van der Waals surface area contributed by atoms with Crippen molar-refractivity contribution in [1.82, 2.24) is 4.98 Å². The van der Waals surface area contributed by atoms with E-state index in [9.17, 15) is 9.18 Å². The number of hydrogen-bond acceptors (Lipinski definition) is 3. The predicted molar refractivity (Wildman–Crippen MR) is 67.4 cm³/mol. The maximum Gasteiger partial charge on any atom is 0.228 e. The number of aromatic nitrogens is 1. The topological polar surface area (TPSA) is 68.0 Å². The predicted octanol–water partition coefficient (Wildman–Crippen LogP) is 1.98. The summed E-state index contributed by atoms with van der Waals surface area (Å²) in [5, 5.41) is 2.65. The number of nitrogen functional groups attached to an aromatic ring is 1. The van der Waals surface area contributed by atoms with Crippen molar-refractivity contribution in [3.63, 3.8) is 0 Å². The van der Waals surface area contributed by atoms with Crippen LogP contribution in [0.3, 0.4) is 0 Å². The van der Waals surface area contributed by atoms with Gasteiger partial charge in [-0.2, -0.15) is 0 Å². The van der Waals surface area contributed by atoms with Crippen LogP contribution in [0.2, 0.25) is 0 Å². The molecule has 0 aliphatic carbocycles. The van der Waals surface area contributed by atoms with E-state index in [0.717, 1.165) is 5.56 Å². The molecule has 1 aromatic carbocycles. The average molecular weight is 245 g/mol. The number of nitrogens with two attached hydrogens (primary N) is 1. The van der Waals surface area contributed by atoms with Crippen molar-refractivity contribution in [3.8, 4) is 0 Å². The van der Waals surface area contributed by atoms with E-state index in [4.69, 9.17) is 5.73 Å². The zero-order valence-corrected chi connectivity index (χ0v) is 9.56. The maximum absolute atomic E-state index is 12.9. The number of halogens is 1. The van der Waals surface area contributed by atoms with Crippen molar-refractivity contribution in [2.45, 2.75) is 6.42 Å². The van der Waals surface area contributed by atoms with Crippen molar-refractivity contribution in [3.05, 3.63) is 54.1 Å². The number of carbonyl (C=O) groups is 1. The van der Waals surface area contributed by atoms with Gasteiger partial charge in [-0.3, -0.25) is 9.78 Å². The van der Waals surface area contributed by atoms with Crippen molar-refractivity contribution in [1.29, 1.82) is 0 Å². The number of carbonyl (C=O) groups excluding carboxylic acids is 1. The number of amides is 1. The van der Waals surface area contributed by atoms with E-state index in [1.807, 2.05) is 0 Å². The van der Waals surface area contributed by atoms with Crippen LogP contribution in [0, 0.1) is 5.82 Å². The summed E-state index contributed by atoms with van der Waals surface area (Å²) in [7, 11) is 0. The molecule has 1 heterocycles. The fourth-order valence-electron chi connectivity index (χ4n) is 1.51. The van der Waals surface area contributed by atoms with Crippen LogP contribution in [0.1, 0.15) is 5.56 Å². The van der Waals surface area contributed by atoms with E-state index in [1.54, 1.807) is 24.5 Å². The van der Waals surface area contributed by atoms with Gasteiger partial charge >= 0.3 is 0 Å². The summed E-state index contributed by atoms with van der Waals surface area (Å²) in [5.41, 5.74) is 6.76. The van der Waals surface area contributed by atoms with Crippen molar-refractivity contribution in [2.75, 3.05) is 11.1 Å². The number of nitrogens with one attached hydrogen (secondary N) is 1. The molecular weight excluding hydrogens is 233 g/mol. The molecule has 0 aliphatic rings. The first-order chi connectivity index (χ1) is 8.65. The highest BCUT2D eigenvalue weighted by atomic mass is 19.1. The number of anilines is 2. The molecule has 0 atom stereocenters. The van der Waals surface area contributed by atoms with Gasteiger partial charge in [0.15, 0.2) is 0 Å². The lowest BCUT2D eigenvalue weighted by Crippen LogP contribution is -2.14. The number of nitrogens with zero attached hydrogens (tertiary/aromatic N) is 1. The van der Waals surface area contributed by atoms with Gasteiger partial charge in [0.25, 0.3) is 0 Å². The molecule has 1 amide bonds. The summed E-state index contributed by atoms with van der Waals surface area (Å²) in [6, 6.07) is 7.60. The number of benzene rings is 1. The second kappa shape index (κ2) is 5.27. The Morgan fingerprint density at radius 3 is 2.67 bits per heavy atom. The fourth-order valence-corrected chi connectivity index (χ4v) is 1.51. The van der Waals surface area contributed by atoms with E-state index < -0.39 is 5.82 Å². The highest BCUT2D eigenvalue weighted by Gasteiger charge is 2.05. The van der Waals surface area contributed by atoms with E-state index in [0.29, 0.717) is 5.69 Å². The maximum atomic E-state index is 12.9. The largest absolute Gasteiger partial charge is 0.396 e. The minimum absolute atomic E-state index is 0.0108. The molecule has 0 bridgehead atoms. The van der Waals surface area contributed by atoms with E-state index in [-0.39, 0.29) is 18.0 Å². The second-order valence-corrected chi connectivity index (χ2v) is 3.82. The summed E-state index contributed by atoms with van der Waals surface area (Å²) >= 11 is 0. The van der Waals surface area contributed by atoms with Crippen LogP contribution in [0.25, 0.3) is 0 Å². The van der Waals surface area contributed by atoms with Gasteiger partial charge in [0.2, 0.25) is 5.91 Å². The van der Waals surface area contributed by atoms with Crippen LogP contribution in [0.4, 0.5) is 15.8 Å². The normalized spacial score (nSPS) is 10.1. The van der Waals surface area contributed by atoms with Crippen LogP contribution >= 0.6 is 0 Å². The molecule has 2 rings (SSSR count). The van der Waals surface area contributed by atoms with Gasteiger partial charge in [-0.15, -0.1) is 0 Å². The Bertz CT molecular complexity index is 557. The fraction of sp³-hybridized carbons (Fsp3) is 0.0769. The molecule has 92 valence electrons. The molecule has 2 aromatic rings. The lowest BCUT2D eigenvalue weighted by atomic mass is 10.2. The smallest absolute Gasteiger partial charge is 0.228 e. The lowest BCUT2D eigenvalue weighted by Gasteiger charge is -2.06. The molecule has 4 nitrogen and oxygen atoms in total. The Hall–Kier alpha value is -2.43. The molecule has 0 unspecified atom stereocenters. The summed E-state index contributed by atoms with van der Waals surface area (Å²) in [6.07, 6.45) is 3.48. The Morgan fingerprint density at radius 2 is 2.00 bits per heavy atom. The molecule has 18 heavy (non-hydrogen) atoms. The third kappa shape index (κ3) is 3.04. The van der Waals surface area contributed by atoms with Crippen LogP contribution in [0.5, 0.6) is 0 Å². The highest BCUT2D eigenvalue weighted by molar-refractivity contribution is 5.92. The Kier molecular flexibility index (Phi) is 3.52. The first-order valence-electron chi connectivity index (χ1n) is 5.39. The summed E-state index contributed by atoms with van der Waals surface area (Å²) in [5.74, 6) is -0.686. The van der Waals surface area contributed by atoms with Gasteiger partial charge < -0.3 is 11.1 Å². The summed E-state index contributed by atoms with van der Waals surface area (Å²) < 4.78 is 12.9. The van der Waals surface area contributed by atoms with Crippen molar-refractivity contribution >= 4 is 17.3 Å². The van der Waals surface area contributed by atoms with Crippen molar-refractivity contribution < 1.29 is 9.18 Å². The Labute approximate surface area is 104 Å². The van der Waals surface area contributed by atoms with Gasteiger partial charge in [0.05, 0.1) is 12.1 Å². The molecular formula is C13H12FN3O. The highest BCUT2D eigenvalue weighted by Crippen LogP contribution is 2.16. The minimum Gasteiger partial charge on any atom is -0.396 e. The van der Waals surface area contributed by atoms with Crippen LogP contribution in [-0.2, 0) is 11.2 Å². The Morgan fingerprint density at radius 1 is 1.28 bits per heavy atom. The standard InChI is InChI=1S/C13H12FN3O/c14-11-2-1-10(8-12(11)15)17-13(18)7-9-3-5-16-6-4-9/h1-6,8H,7,15H2,(H,17,18). The van der Waals surface area contributed by atoms with Crippen LogP contribution in [0.15, 0.2) is 42.7 Å². The third-order valence-corrected chi connectivity index (χ3v) is 2.39. The Balaban J connectivity index is 2.01. The second-order valence-electron chi connectivity index (χ2n) is 3.82. The number of hydrogen-bond donors (Lipinski definition) is 2. The third-order valence-electron chi connectivity index (χ3n) is 2.39. The minimum atomic E-state index is -0.498. The monoisotopic (exact) mass is 245 g/mol. The summed E-state index contributed by atoms with van der Waals surface area (Å²) in [6.45, 7) is 0. The van der Waals surface area contributed by atoms with Gasteiger partial charge in [-0.25, -0.2) is 4.39 Å². The molecule has 0 radical (unpaired) electrons. The molecule has 0 spiro atoms. The van der Waals surface area contributed by atoms with Gasteiger partial charge in [-0.1, -0.05) is 0 Å². The first kappa shape index (κ1) is 12.0. The average Bonchev–Trinajstić information content (AvgIpc) is 2.35. The molecule has 0 saturated carbocycles. The number of rotatable bonds is 3. The first-order valence-corrected chi connectivity index (χ1v) is 5.39. The van der Waals surface area contributed by atoms with Gasteiger partial charge in [-0.05, 0) is 35.9 Å². The van der Waals surface area contributed by atoms with Gasteiger partial charge in [0, 0.05) is 18.1 Å². The van der Waals surface area contributed by atoms with E-state index in [1.165, 1.54) is 18.2 Å². The van der Waals surface area contributed by atoms with Gasteiger partial charge in [0.1, 0.15) is 5.82 Å². The van der Waals surface area contributed by atoms with E-state index >= 15 is 0 Å². The van der Waals surface area contributed by atoms with E-state index in [2.05, 4.69) is 10.3 Å². The zero-order chi connectivity index (χ0) is 13.0. The molecule has 0 aliphatic heterocycles.